The summed E-state index contributed by atoms with van der Waals surface area (Å²) < 4.78 is 0.808. The molecule has 0 unspecified atom stereocenters. The van der Waals surface area contributed by atoms with Crippen LogP contribution in [0.1, 0.15) is 6.92 Å². The highest BCUT2D eigenvalue weighted by molar-refractivity contribution is 9.12. The highest BCUT2D eigenvalue weighted by Gasteiger charge is 1.98. The molecule has 11 heavy (non-hydrogen) atoms. The van der Waals surface area contributed by atoms with Crippen molar-refractivity contribution in [3.8, 4) is 0 Å². The van der Waals surface area contributed by atoms with Gasteiger partial charge in [-0.15, -0.1) is 0 Å². The number of aliphatic imine (C=N–C) groups is 2. The zero-order chi connectivity index (χ0) is 8.85. The Morgan fingerprint density at radius 3 is 2.36 bits per heavy atom. The van der Waals surface area contributed by atoms with Crippen LogP contribution in [0, 0.1) is 0 Å². The standard InChI is InChI=1S/C8H11BrN2/c1-6(2)8(11-4)7(9)5-10-3/h5H,1,4H2,2-3H3/b8-7-,10-5?. The van der Waals surface area contributed by atoms with Crippen molar-refractivity contribution in [2.45, 2.75) is 6.92 Å². The quantitative estimate of drug-likeness (QED) is 0.510. The maximum atomic E-state index is 3.83. The van der Waals surface area contributed by atoms with Crippen LogP contribution in [0.4, 0.5) is 0 Å². The van der Waals surface area contributed by atoms with E-state index in [2.05, 4.69) is 39.2 Å². The fourth-order valence-electron chi connectivity index (χ4n) is 0.589. The summed E-state index contributed by atoms with van der Waals surface area (Å²) >= 11 is 3.30. The van der Waals surface area contributed by atoms with E-state index >= 15 is 0 Å². The van der Waals surface area contributed by atoms with E-state index in [-0.39, 0.29) is 0 Å². The van der Waals surface area contributed by atoms with E-state index in [1.165, 1.54) is 0 Å². The SMILES string of the molecule is C=N/C(C(=C)C)=C(\Br)C=NC. The monoisotopic (exact) mass is 214 g/mol. The van der Waals surface area contributed by atoms with Gasteiger partial charge in [-0.3, -0.25) is 9.98 Å². The lowest BCUT2D eigenvalue weighted by Crippen LogP contribution is -1.85. The zero-order valence-electron chi connectivity index (χ0n) is 6.76. The minimum Gasteiger partial charge on any atom is -0.295 e. The number of hydrogen-bond acceptors (Lipinski definition) is 2. The van der Waals surface area contributed by atoms with Crippen LogP contribution in [-0.2, 0) is 0 Å². The maximum absolute atomic E-state index is 3.83. The summed E-state index contributed by atoms with van der Waals surface area (Å²) in [6.07, 6.45) is 1.67. The summed E-state index contributed by atoms with van der Waals surface area (Å²) in [6, 6.07) is 0. The molecular formula is C8H11BrN2. The molecule has 2 nitrogen and oxygen atoms in total. The molecule has 0 heterocycles. The predicted molar refractivity (Wildman–Crippen MR) is 54.7 cm³/mol. The minimum atomic E-state index is 0.746. The molecule has 60 valence electrons. The average molecular weight is 215 g/mol. The van der Waals surface area contributed by atoms with Crippen LogP contribution < -0.4 is 0 Å². The molecule has 0 spiro atoms. The first-order chi connectivity index (χ1) is 5.13. The van der Waals surface area contributed by atoms with Gasteiger partial charge in [0.05, 0.1) is 10.2 Å². The van der Waals surface area contributed by atoms with Crippen molar-refractivity contribution in [2.24, 2.45) is 9.98 Å². The van der Waals surface area contributed by atoms with Gasteiger partial charge in [0.25, 0.3) is 0 Å². The first-order valence-corrected chi connectivity index (χ1v) is 3.87. The van der Waals surface area contributed by atoms with E-state index in [0.29, 0.717) is 0 Å². The molecule has 0 aromatic carbocycles. The second-order valence-corrected chi connectivity index (χ2v) is 2.88. The van der Waals surface area contributed by atoms with Crippen molar-refractivity contribution < 1.29 is 0 Å². The van der Waals surface area contributed by atoms with Crippen LogP contribution in [0.15, 0.2) is 32.3 Å². The van der Waals surface area contributed by atoms with Gasteiger partial charge >= 0.3 is 0 Å². The van der Waals surface area contributed by atoms with Gasteiger partial charge in [0.15, 0.2) is 0 Å². The lowest BCUT2D eigenvalue weighted by molar-refractivity contribution is 1.31. The summed E-state index contributed by atoms with van der Waals surface area (Å²) in [7, 11) is 1.69. The molecular weight excluding hydrogens is 204 g/mol. The molecule has 0 aromatic rings. The van der Waals surface area contributed by atoms with Crippen LogP contribution in [-0.4, -0.2) is 20.0 Å². The highest BCUT2D eigenvalue weighted by Crippen LogP contribution is 2.17. The molecule has 0 fully saturated rings. The van der Waals surface area contributed by atoms with Gasteiger partial charge < -0.3 is 0 Å². The third-order valence-corrected chi connectivity index (χ3v) is 1.61. The Morgan fingerprint density at radius 2 is 2.09 bits per heavy atom. The molecule has 0 atom stereocenters. The Hall–Kier alpha value is -0.700. The summed E-state index contributed by atoms with van der Waals surface area (Å²) in [6.45, 7) is 9.04. The van der Waals surface area contributed by atoms with E-state index in [9.17, 15) is 0 Å². The van der Waals surface area contributed by atoms with E-state index in [4.69, 9.17) is 0 Å². The van der Waals surface area contributed by atoms with Gasteiger partial charge in [-0.25, -0.2) is 0 Å². The Bertz CT molecular complexity index is 226. The first kappa shape index (κ1) is 10.3. The van der Waals surface area contributed by atoms with Gasteiger partial charge in [-0.1, -0.05) is 6.58 Å². The number of allylic oxidation sites excluding steroid dienone is 2. The van der Waals surface area contributed by atoms with Crippen molar-refractivity contribution in [1.29, 1.82) is 0 Å². The Kier molecular flexibility index (Phi) is 4.70. The Balaban J connectivity index is 4.82. The van der Waals surface area contributed by atoms with E-state index in [1.807, 2.05) is 6.92 Å². The highest BCUT2D eigenvalue weighted by atomic mass is 79.9. The third kappa shape index (κ3) is 3.28. The predicted octanol–water partition coefficient (Wildman–Crippen LogP) is 2.57. The average Bonchev–Trinajstić information content (AvgIpc) is 1.88. The zero-order valence-corrected chi connectivity index (χ0v) is 8.35. The molecule has 0 radical (unpaired) electrons. The van der Waals surface area contributed by atoms with Crippen LogP contribution in [0.25, 0.3) is 0 Å². The van der Waals surface area contributed by atoms with Gasteiger partial charge in [0.1, 0.15) is 0 Å². The Morgan fingerprint density at radius 1 is 1.55 bits per heavy atom. The molecule has 0 amide bonds. The second kappa shape index (κ2) is 5.02. The third-order valence-electron chi connectivity index (χ3n) is 1.03. The van der Waals surface area contributed by atoms with Crippen LogP contribution in [0.3, 0.4) is 0 Å². The van der Waals surface area contributed by atoms with Crippen LogP contribution >= 0.6 is 15.9 Å². The molecule has 0 saturated carbocycles. The molecule has 0 aromatic heterocycles. The topological polar surface area (TPSA) is 24.7 Å². The number of rotatable bonds is 3. The lowest BCUT2D eigenvalue weighted by atomic mass is 10.2. The second-order valence-electron chi connectivity index (χ2n) is 2.02. The fourth-order valence-corrected chi connectivity index (χ4v) is 1.26. The molecule has 0 saturated heterocycles. The van der Waals surface area contributed by atoms with Crippen molar-refractivity contribution in [2.75, 3.05) is 7.05 Å². The van der Waals surface area contributed by atoms with Gasteiger partial charge in [0, 0.05) is 13.3 Å². The lowest BCUT2D eigenvalue weighted by Gasteiger charge is -1.99. The Labute approximate surface area is 75.6 Å². The van der Waals surface area contributed by atoms with E-state index in [0.717, 1.165) is 15.8 Å². The van der Waals surface area contributed by atoms with E-state index < -0.39 is 0 Å². The molecule has 0 N–H and O–H groups in total. The number of hydrogen-bond donors (Lipinski definition) is 0. The van der Waals surface area contributed by atoms with Gasteiger partial charge in [-0.05, 0) is 35.1 Å². The van der Waals surface area contributed by atoms with Crippen LogP contribution in [0.2, 0.25) is 0 Å². The number of nitrogens with zero attached hydrogens (tertiary/aromatic N) is 2. The van der Waals surface area contributed by atoms with Crippen molar-refractivity contribution in [3.05, 3.63) is 22.3 Å². The smallest absolute Gasteiger partial charge is 0.0803 e. The van der Waals surface area contributed by atoms with Gasteiger partial charge in [0.2, 0.25) is 0 Å². The molecule has 0 rings (SSSR count). The normalized spacial score (nSPS) is 13.0. The van der Waals surface area contributed by atoms with Crippen LogP contribution in [0.5, 0.6) is 0 Å². The number of halogens is 1. The van der Waals surface area contributed by atoms with Crippen molar-refractivity contribution in [1.82, 2.24) is 0 Å². The summed E-state index contributed by atoms with van der Waals surface area (Å²) in [5.41, 5.74) is 1.61. The summed E-state index contributed by atoms with van der Waals surface area (Å²) in [4.78, 5) is 7.63. The molecule has 3 heteroatoms. The molecule has 0 aliphatic carbocycles. The minimum absolute atomic E-state index is 0.746. The summed E-state index contributed by atoms with van der Waals surface area (Å²) in [5, 5.41) is 0. The molecule has 0 aliphatic rings. The maximum Gasteiger partial charge on any atom is 0.0803 e. The molecule has 0 bridgehead atoms. The summed E-state index contributed by atoms with van der Waals surface area (Å²) in [5.74, 6) is 0. The van der Waals surface area contributed by atoms with Crippen molar-refractivity contribution >= 4 is 28.9 Å². The molecule has 0 aliphatic heterocycles. The van der Waals surface area contributed by atoms with E-state index in [1.54, 1.807) is 13.3 Å². The largest absolute Gasteiger partial charge is 0.295 e. The van der Waals surface area contributed by atoms with Gasteiger partial charge in [-0.2, -0.15) is 0 Å². The first-order valence-electron chi connectivity index (χ1n) is 3.08. The van der Waals surface area contributed by atoms with Crippen molar-refractivity contribution in [3.63, 3.8) is 0 Å². The fraction of sp³-hybridized carbons (Fsp3) is 0.250.